The molecule has 3 rings (SSSR count). The summed E-state index contributed by atoms with van der Waals surface area (Å²) in [6.45, 7) is 0.397. The summed E-state index contributed by atoms with van der Waals surface area (Å²) in [5.41, 5.74) is 0.855. The molecule has 8 nitrogen and oxygen atoms in total. The van der Waals surface area contributed by atoms with E-state index in [2.05, 4.69) is 10.6 Å². The summed E-state index contributed by atoms with van der Waals surface area (Å²) >= 11 is 5.81. The molecule has 2 N–H and O–H groups in total. The lowest BCUT2D eigenvalue weighted by Crippen LogP contribution is -2.47. The minimum atomic E-state index is -3.82. The van der Waals surface area contributed by atoms with Gasteiger partial charge < -0.3 is 15.4 Å². The van der Waals surface area contributed by atoms with Gasteiger partial charge in [0.2, 0.25) is 10.0 Å². The summed E-state index contributed by atoms with van der Waals surface area (Å²) < 4.78 is 32.2. The topological polar surface area (TPSA) is 105 Å². The van der Waals surface area contributed by atoms with Crippen molar-refractivity contribution in [3.05, 3.63) is 65.2 Å². The first-order valence-corrected chi connectivity index (χ1v) is 10.7. The largest absolute Gasteiger partial charge is 0.359 e. The number of hydrogen-bond acceptors (Lipinski definition) is 5. The minimum absolute atomic E-state index is 0.0735. The Balaban J connectivity index is 1.55. The number of nitrogens with zero attached hydrogens (tertiary/aromatic N) is 1. The summed E-state index contributed by atoms with van der Waals surface area (Å²) in [6, 6.07) is 14.9. The second-order valence-corrected chi connectivity index (χ2v) is 8.60. The first kappa shape index (κ1) is 21.3. The van der Waals surface area contributed by atoms with Crippen LogP contribution in [0.1, 0.15) is 5.56 Å². The van der Waals surface area contributed by atoms with Crippen LogP contribution in [-0.4, -0.2) is 50.5 Å². The Bertz CT molecular complexity index is 967. The molecule has 2 aromatic carbocycles. The molecule has 2 amide bonds. The molecule has 0 spiro atoms. The lowest BCUT2D eigenvalue weighted by molar-refractivity contribution is -0.139. The molecule has 1 saturated heterocycles. The Hall–Kier alpha value is -2.46. The van der Waals surface area contributed by atoms with Crippen molar-refractivity contribution < 1.29 is 22.7 Å². The summed E-state index contributed by atoms with van der Waals surface area (Å²) in [5.74, 6) is -1.67. The van der Waals surface area contributed by atoms with Crippen molar-refractivity contribution in [2.24, 2.45) is 0 Å². The van der Waals surface area contributed by atoms with Crippen molar-refractivity contribution >= 4 is 33.4 Å². The number of hydrogen-bond donors (Lipinski definition) is 2. The molecule has 2 aromatic rings. The number of nitrogens with one attached hydrogen (secondary N) is 2. The second-order valence-electron chi connectivity index (χ2n) is 6.27. The Morgan fingerprint density at radius 3 is 2.38 bits per heavy atom. The molecule has 0 aliphatic carbocycles. The van der Waals surface area contributed by atoms with E-state index in [-0.39, 0.29) is 31.1 Å². The molecule has 0 aromatic heterocycles. The van der Waals surface area contributed by atoms with Gasteiger partial charge >= 0.3 is 11.8 Å². The fourth-order valence-electron chi connectivity index (χ4n) is 2.80. The highest BCUT2D eigenvalue weighted by Crippen LogP contribution is 2.23. The maximum Gasteiger partial charge on any atom is 0.309 e. The smallest absolute Gasteiger partial charge is 0.309 e. The lowest BCUT2D eigenvalue weighted by Gasteiger charge is -2.22. The highest BCUT2D eigenvalue weighted by molar-refractivity contribution is 7.89. The van der Waals surface area contributed by atoms with Crippen molar-refractivity contribution in [3.63, 3.8) is 0 Å². The number of amides is 2. The standard InChI is InChI=1S/C19H20ClN3O5S/c20-15-6-8-16(9-7-15)29(26,27)23-10-11-28-17(23)13-22-19(25)18(24)21-12-14-4-2-1-3-5-14/h1-9,17H,10-13H2,(H,21,24)(H,22,25)/t17-/m1/s1. The molecule has 0 bridgehead atoms. The molecule has 10 heteroatoms. The van der Waals surface area contributed by atoms with Gasteiger partial charge in [0.1, 0.15) is 6.23 Å². The van der Waals surface area contributed by atoms with E-state index in [0.29, 0.717) is 5.02 Å². The zero-order valence-corrected chi connectivity index (χ0v) is 16.9. The molecular weight excluding hydrogens is 418 g/mol. The normalized spacial score (nSPS) is 17.1. The number of rotatable bonds is 6. The van der Waals surface area contributed by atoms with E-state index in [4.69, 9.17) is 16.3 Å². The van der Waals surface area contributed by atoms with E-state index in [1.165, 1.54) is 24.3 Å². The molecule has 1 aliphatic rings. The highest BCUT2D eigenvalue weighted by Gasteiger charge is 2.36. The Morgan fingerprint density at radius 2 is 1.69 bits per heavy atom. The van der Waals surface area contributed by atoms with Crippen molar-refractivity contribution in [2.75, 3.05) is 19.7 Å². The van der Waals surface area contributed by atoms with Crippen LogP contribution in [0.2, 0.25) is 5.02 Å². The van der Waals surface area contributed by atoms with Crippen LogP contribution < -0.4 is 10.6 Å². The SMILES string of the molecule is O=C(NCc1ccccc1)C(=O)NC[C@H]1OCCN1S(=O)(=O)c1ccc(Cl)cc1. The van der Waals surface area contributed by atoms with Gasteiger partial charge in [0.05, 0.1) is 18.0 Å². The van der Waals surface area contributed by atoms with Crippen LogP contribution in [-0.2, 0) is 30.9 Å². The van der Waals surface area contributed by atoms with Crippen LogP contribution in [0, 0.1) is 0 Å². The van der Waals surface area contributed by atoms with E-state index < -0.39 is 28.1 Å². The van der Waals surface area contributed by atoms with E-state index in [9.17, 15) is 18.0 Å². The quantitative estimate of drug-likeness (QED) is 0.659. The van der Waals surface area contributed by atoms with E-state index in [0.717, 1.165) is 9.87 Å². The molecule has 0 radical (unpaired) electrons. The van der Waals surface area contributed by atoms with Crippen LogP contribution in [0.3, 0.4) is 0 Å². The van der Waals surface area contributed by atoms with Crippen LogP contribution in [0.15, 0.2) is 59.5 Å². The predicted molar refractivity (Wildman–Crippen MR) is 106 cm³/mol. The van der Waals surface area contributed by atoms with Gasteiger partial charge in [-0.05, 0) is 29.8 Å². The second kappa shape index (κ2) is 9.36. The lowest BCUT2D eigenvalue weighted by atomic mass is 10.2. The van der Waals surface area contributed by atoms with Crippen molar-refractivity contribution in [1.82, 2.24) is 14.9 Å². The molecule has 1 aliphatic heterocycles. The van der Waals surface area contributed by atoms with Crippen molar-refractivity contribution in [2.45, 2.75) is 17.7 Å². The summed E-state index contributed by atoms with van der Waals surface area (Å²) in [4.78, 5) is 24.0. The number of halogens is 1. The number of ether oxygens (including phenoxy) is 1. The van der Waals surface area contributed by atoms with Crippen LogP contribution in [0.25, 0.3) is 0 Å². The maximum atomic E-state index is 12.8. The Kier molecular flexibility index (Phi) is 6.86. The predicted octanol–water partition coefficient (Wildman–Crippen LogP) is 1.12. The Labute approximate surface area is 173 Å². The molecule has 0 saturated carbocycles. The zero-order chi connectivity index (χ0) is 20.9. The van der Waals surface area contributed by atoms with Crippen molar-refractivity contribution in [3.8, 4) is 0 Å². The average molecular weight is 438 g/mol. The molecular formula is C19H20ClN3O5S. The van der Waals surface area contributed by atoms with Gasteiger partial charge in [0, 0.05) is 18.1 Å². The van der Waals surface area contributed by atoms with Crippen LogP contribution >= 0.6 is 11.6 Å². The monoisotopic (exact) mass is 437 g/mol. The third kappa shape index (κ3) is 5.33. The fraction of sp³-hybridized carbons (Fsp3) is 0.263. The number of sulfonamides is 1. The van der Waals surface area contributed by atoms with Gasteiger partial charge in [0.15, 0.2) is 0 Å². The van der Waals surface area contributed by atoms with Gasteiger partial charge in [-0.25, -0.2) is 8.42 Å². The Morgan fingerprint density at radius 1 is 1.03 bits per heavy atom. The van der Waals surface area contributed by atoms with E-state index in [1.807, 2.05) is 30.3 Å². The first-order chi connectivity index (χ1) is 13.9. The third-order valence-electron chi connectivity index (χ3n) is 4.30. The van der Waals surface area contributed by atoms with E-state index >= 15 is 0 Å². The molecule has 154 valence electrons. The molecule has 1 atom stereocenters. The summed E-state index contributed by atoms with van der Waals surface area (Å²) in [6.07, 6.45) is -0.901. The minimum Gasteiger partial charge on any atom is -0.359 e. The third-order valence-corrected chi connectivity index (χ3v) is 6.46. The average Bonchev–Trinajstić information content (AvgIpc) is 3.21. The van der Waals surface area contributed by atoms with E-state index in [1.54, 1.807) is 0 Å². The van der Waals surface area contributed by atoms with Gasteiger partial charge in [-0.3, -0.25) is 9.59 Å². The fourth-order valence-corrected chi connectivity index (χ4v) is 4.44. The highest BCUT2D eigenvalue weighted by atomic mass is 35.5. The summed E-state index contributed by atoms with van der Waals surface area (Å²) in [7, 11) is -3.82. The number of carbonyl (C=O) groups is 2. The van der Waals surface area contributed by atoms with Gasteiger partial charge in [-0.1, -0.05) is 41.9 Å². The molecule has 29 heavy (non-hydrogen) atoms. The van der Waals surface area contributed by atoms with Gasteiger partial charge in [0.25, 0.3) is 0 Å². The van der Waals surface area contributed by atoms with Gasteiger partial charge in [-0.2, -0.15) is 4.31 Å². The number of benzene rings is 2. The number of carbonyl (C=O) groups excluding carboxylic acids is 2. The summed E-state index contributed by atoms with van der Waals surface area (Å²) in [5, 5.41) is 5.35. The molecule has 0 unspecified atom stereocenters. The van der Waals surface area contributed by atoms with Crippen molar-refractivity contribution in [1.29, 1.82) is 0 Å². The molecule has 1 heterocycles. The van der Waals surface area contributed by atoms with Crippen LogP contribution in [0.4, 0.5) is 0 Å². The molecule has 1 fully saturated rings. The van der Waals surface area contributed by atoms with Crippen LogP contribution in [0.5, 0.6) is 0 Å². The zero-order valence-electron chi connectivity index (χ0n) is 15.4. The maximum absolute atomic E-state index is 12.8. The first-order valence-electron chi connectivity index (χ1n) is 8.87. The van der Waals surface area contributed by atoms with Gasteiger partial charge in [-0.15, -0.1) is 0 Å².